The second kappa shape index (κ2) is 8.74. The Kier molecular flexibility index (Phi) is 8.12. The molecule has 0 saturated heterocycles. The summed E-state index contributed by atoms with van der Waals surface area (Å²) in [5.41, 5.74) is -0.0482. The third kappa shape index (κ3) is 5.43. The largest absolute Gasteiger partial charge is 1.00 e. The maximum absolute atomic E-state index is 12.0. The van der Waals surface area contributed by atoms with Crippen molar-refractivity contribution < 1.29 is 31.2 Å². The summed E-state index contributed by atoms with van der Waals surface area (Å²) >= 11 is 0. The second-order valence-electron chi connectivity index (χ2n) is 5.01. The first-order chi connectivity index (χ1) is 9.43. The van der Waals surface area contributed by atoms with Gasteiger partial charge in [-0.05, 0) is 19.9 Å². The number of amides is 1. The topological polar surface area (TPSA) is 72.2 Å². The van der Waals surface area contributed by atoms with Gasteiger partial charge in [0.2, 0.25) is 0 Å². The maximum Gasteiger partial charge on any atom is 0.282 e. The number of hydrogen-bond donors (Lipinski definition) is 1. The number of quaternary nitrogens is 1. The number of benzene rings is 1. The lowest BCUT2D eigenvalue weighted by Crippen LogP contribution is -3.00. The number of nitro benzene ring substituents is 1. The van der Waals surface area contributed by atoms with Crippen LogP contribution in [0, 0.1) is 10.1 Å². The van der Waals surface area contributed by atoms with Crippen LogP contribution in [0.5, 0.6) is 0 Å². The highest BCUT2D eigenvalue weighted by molar-refractivity contribution is 5.98. The minimum Gasteiger partial charge on any atom is -1.00 e. The van der Waals surface area contributed by atoms with Gasteiger partial charge in [0, 0.05) is 6.07 Å². The molecule has 0 fully saturated rings. The Morgan fingerprint density at radius 2 is 1.86 bits per heavy atom. The van der Waals surface area contributed by atoms with Crippen molar-refractivity contribution in [2.75, 3.05) is 33.2 Å². The van der Waals surface area contributed by atoms with Crippen LogP contribution in [0.1, 0.15) is 24.2 Å². The number of nitrogens with one attached hydrogen (secondary N) is 1. The van der Waals surface area contributed by atoms with Gasteiger partial charge < -0.3 is 26.8 Å². The summed E-state index contributed by atoms with van der Waals surface area (Å²) < 4.78 is 0.858. The third-order valence-electron chi connectivity index (χ3n) is 3.81. The van der Waals surface area contributed by atoms with Crippen molar-refractivity contribution in [3.8, 4) is 0 Å². The molecular formula is C14H22BrN3O3. The number of nitrogens with zero attached hydrogens (tertiary/aromatic N) is 2. The molecule has 0 atom stereocenters. The second-order valence-corrected chi connectivity index (χ2v) is 5.01. The van der Waals surface area contributed by atoms with E-state index < -0.39 is 10.8 Å². The fraction of sp³-hybridized carbons (Fsp3) is 0.500. The first-order valence-corrected chi connectivity index (χ1v) is 6.78. The highest BCUT2D eigenvalue weighted by atomic mass is 79.9. The van der Waals surface area contributed by atoms with Gasteiger partial charge in [0.25, 0.3) is 11.6 Å². The first kappa shape index (κ1) is 19.5. The number of nitro groups is 1. The quantitative estimate of drug-likeness (QED) is 0.378. The van der Waals surface area contributed by atoms with Crippen LogP contribution in [0.2, 0.25) is 0 Å². The first-order valence-electron chi connectivity index (χ1n) is 6.78. The summed E-state index contributed by atoms with van der Waals surface area (Å²) in [4.78, 5) is 22.3. The molecule has 1 amide bonds. The molecule has 0 bridgehead atoms. The summed E-state index contributed by atoms with van der Waals surface area (Å²) in [6.07, 6.45) is 0. The summed E-state index contributed by atoms with van der Waals surface area (Å²) in [6.45, 7) is 7.48. The molecular weight excluding hydrogens is 338 g/mol. The molecule has 1 N–H and O–H groups in total. The van der Waals surface area contributed by atoms with Crippen molar-refractivity contribution in [3.05, 3.63) is 39.9 Å². The Labute approximate surface area is 135 Å². The molecule has 0 spiro atoms. The van der Waals surface area contributed by atoms with Crippen LogP contribution in [-0.2, 0) is 0 Å². The minimum absolute atomic E-state index is 0. The van der Waals surface area contributed by atoms with E-state index in [9.17, 15) is 14.9 Å². The van der Waals surface area contributed by atoms with Crippen molar-refractivity contribution in [1.82, 2.24) is 5.32 Å². The molecule has 0 radical (unpaired) electrons. The molecule has 21 heavy (non-hydrogen) atoms. The molecule has 0 aromatic heterocycles. The molecule has 0 unspecified atom stereocenters. The monoisotopic (exact) mass is 359 g/mol. The van der Waals surface area contributed by atoms with Crippen LogP contribution in [-0.4, -0.2) is 48.5 Å². The predicted octanol–water partition coefficient (Wildman–Crippen LogP) is -1.18. The van der Waals surface area contributed by atoms with Gasteiger partial charge in [-0.3, -0.25) is 14.9 Å². The van der Waals surface area contributed by atoms with Gasteiger partial charge >= 0.3 is 0 Å². The van der Waals surface area contributed by atoms with E-state index in [2.05, 4.69) is 26.2 Å². The van der Waals surface area contributed by atoms with Gasteiger partial charge in [-0.25, -0.2) is 0 Å². The van der Waals surface area contributed by atoms with Gasteiger partial charge in [0.05, 0.1) is 38.2 Å². The smallest absolute Gasteiger partial charge is 0.282 e. The lowest BCUT2D eigenvalue weighted by molar-refractivity contribution is -0.904. The molecule has 0 heterocycles. The number of carbonyl (C=O) groups excluding carboxylic acids is 1. The van der Waals surface area contributed by atoms with Gasteiger partial charge in [0.15, 0.2) is 0 Å². The lowest BCUT2D eigenvalue weighted by Gasteiger charge is -2.32. The third-order valence-corrected chi connectivity index (χ3v) is 3.81. The molecule has 1 rings (SSSR count). The Balaban J connectivity index is 0.00000400. The van der Waals surface area contributed by atoms with Crippen LogP contribution < -0.4 is 22.3 Å². The van der Waals surface area contributed by atoms with Gasteiger partial charge in [0.1, 0.15) is 5.56 Å². The van der Waals surface area contributed by atoms with Crippen LogP contribution in [0.4, 0.5) is 5.69 Å². The summed E-state index contributed by atoms with van der Waals surface area (Å²) in [6, 6.07) is 5.99. The Bertz CT molecular complexity index is 490. The molecule has 0 aliphatic carbocycles. The van der Waals surface area contributed by atoms with Crippen LogP contribution in [0.25, 0.3) is 0 Å². The van der Waals surface area contributed by atoms with Crippen molar-refractivity contribution >= 4 is 11.6 Å². The predicted molar refractivity (Wildman–Crippen MR) is 77.6 cm³/mol. The summed E-state index contributed by atoms with van der Waals surface area (Å²) in [7, 11) is 2.12. The maximum atomic E-state index is 12.0. The number of hydrogen-bond acceptors (Lipinski definition) is 3. The molecule has 0 aliphatic heterocycles. The highest BCUT2D eigenvalue weighted by Crippen LogP contribution is 2.17. The van der Waals surface area contributed by atoms with E-state index >= 15 is 0 Å². The zero-order chi connectivity index (χ0) is 15.2. The number of halogens is 1. The number of carbonyl (C=O) groups is 1. The summed E-state index contributed by atoms with van der Waals surface area (Å²) in [5.74, 6) is -0.393. The molecule has 7 heteroatoms. The van der Waals surface area contributed by atoms with E-state index in [0.29, 0.717) is 6.54 Å². The van der Waals surface area contributed by atoms with Crippen molar-refractivity contribution in [3.63, 3.8) is 0 Å². The molecule has 0 saturated carbocycles. The van der Waals surface area contributed by atoms with E-state index in [4.69, 9.17) is 0 Å². The number of likely N-dealkylation sites (N-methyl/N-ethyl adjacent to an activating group) is 1. The average molecular weight is 360 g/mol. The molecule has 0 aliphatic rings. The normalized spacial score (nSPS) is 10.6. The van der Waals surface area contributed by atoms with Crippen LogP contribution >= 0.6 is 0 Å². The van der Waals surface area contributed by atoms with Gasteiger partial charge in [-0.1, -0.05) is 12.1 Å². The summed E-state index contributed by atoms with van der Waals surface area (Å²) in [5, 5.41) is 13.6. The van der Waals surface area contributed by atoms with Crippen LogP contribution in [0.15, 0.2) is 24.3 Å². The van der Waals surface area contributed by atoms with Crippen LogP contribution in [0.3, 0.4) is 0 Å². The fourth-order valence-corrected chi connectivity index (χ4v) is 1.90. The SMILES string of the molecule is CC[N+](C)(CC)CCNC(=O)c1ccccc1[N+](=O)[O-].[Br-]. The molecule has 118 valence electrons. The van der Waals surface area contributed by atoms with Gasteiger partial charge in [-0.15, -0.1) is 0 Å². The van der Waals surface area contributed by atoms with Crippen molar-refractivity contribution in [2.24, 2.45) is 0 Å². The highest BCUT2D eigenvalue weighted by Gasteiger charge is 2.20. The van der Waals surface area contributed by atoms with E-state index in [0.717, 1.165) is 24.1 Å². The van der Waals surface area contributed by atoms with Crippen molar-refractivity contribution in [1.29, 1.82) is 0 Å². The Morgan fingerprint density at radius 1 is 1.29 bits per heavy atom. The van der Waals surface area contributed by atoms with E-state index in [1.807, 2.05) is 0 Å². The molecule has 6 nitrogen and oxygen atoms in total. The zero-order valence-corrected chi connectivity index (χ0v) is 14.2. The minimum atomic E-state index is -0.535. The molecule has 1 aromatic carbocycles. The van der Waals surface area contributed by atoms with E-state index in [1.54, 1.807) is 12.1 Å². The standard InChI is InChI=1S/C14H21N3O3.BrH/c1-4-17(3,5-2)11-10-15-14(18)12-8-6-7-9-13(12)16(19)20;/h6-9H,4-5,10-11H2,1-3H3;1H. The van der Waals surface area contributed by atoms with E-state index in [1.165, 1.54) is 12.1 Å². The zero-order valence-electron chi connectivity index (χ0n) is 12.6. The van der Waals surface area contributed by atoms with Crippen molar-refractivity contribution in [2.45, 2.75) is 13.8 Å². The molecule has 1 aromatic rings. The number of para-hydroxylation sites is 1. The lowest BCUT2D eigenvalue weighted by atomic mass is 10.1. The Morgan fingerprint density at radius 3 is 2.38 bits per heavy atom. The fourth-order valence-electron chi connectivity index (χ4n) is 1.90. The average Bonchev–Trinajstić information content (AvgIpc) is 2.46. The number of rotatable bonds is 7. The Hall–Kier alpha value is -1.47. The van der Waals surface area contributed by atoms with E-state index in [-0.39, 0.29) is 28.2 Å². The van der Waals surface area contributed by atoms with Gasteiger partial charge in [-0.2, -0.15) is 0 Å².